The second-order valence-corrected chi connectivity index (χ2v) is 6.56. The monoisotopic (exact) mass is 290 g/mol. The second-order valence-electron chi connectivity index (χ2n) is 4.10. The van der Waals surface area contributed by atoms with Gasteiger partial charge in [0.2, 0.25) is 0 Å². The molecule has 2 aromatic rings. The molecule has 2 aromatic carbocycles. The summed E-state index contributed by atoms with van der Waals surface area (Å²) in [7, 11) is 0. The van der Waals surface area contributed by atoms with Crippen molar-refractivity contribution in [3.8, 4) is 0 Å². The van der Waals surface area contributed by atoms with Crippen LogP contribution in [0.25, 0.3) is 0 Å². The molecule has 0 heterocycles. The average Bonchev–Trinajstić information content (AvgIpc) is 2.41. The van der Waals surface area contributed by atoms with Gasteiger partial charge in [0.25, 0.3) is 0 Å². The summed E-state index contributed by atoms with van der Waals surface area (Å²) >= 11 is 0.665. The molecule has 0 aromatic heterocycles. The molecule has 0 saturated carbocycles. The molecular weight excluding hydrogens is 271 g/mol. The molecule has 0 radical (unpaired) electrons. The molecule has 0 atom stereocenters. The summed E-state index contributed by atoms with van der Waals surface area (Å²) in [6, 6.07) is 21.7. The van der Waals surface area contributed by atoms with Crippen LogP contribution in [0.3, 0.4) is 0 Å². The first-order valence-corrected chi connectivity index (χ1v) is 8.24. The third-order valence-electron chi connectivity index (χ3n) is 2.71. The number of aryl methyl sites for hydroxylation is 1. The van der Waals surface area contributed by atoms with Crippen LogP contribution >= 0.6 is 0 Å². The van der Waals surface area contributed by atoms with Crippen LogP contribution in [0.4, 0.5) is 0 Å². The van der Waals surface area contributed by atoms with Gasteiger partial charge in [-0.3, -0.25) is 0 Å². The molecular formula is C16H18Se. The Morgan fingerprint density at radius 3 is 2.06 bits per heavy atom. The van der Waals surface area contributed by atoms with Gasteiger partial charge in [-0.25, -0.2) is 0 Å². The average molecular weight is 289 g/mol. The Kier molecular flexibility index (Phi) is 5.34. The van der Waals surface area contributed by atoms with E-state index in [1.807, 2.05) is 0 Å². The summed E-state index contributed by atoms with van der Waals surface area (Å²) in [6.45, 7) is 0. The Morgan fingerprint density at radius 1 is 0.706 bits per heavy atom. The first-order chi connectivity index (χ1) is 8.45. The molecule has 1 heteroatoms. The quantitative estimate of drug-likeness (QED) is 0.564. The predicted molar refractivity (Wildman–Crippen MR) is 76.0 cm³/mol. The van der Waals surface area contributed by atoms with Crippen LogP contribution in [-0.4, -0.2) is 15.0 Å². The van der Waals surface area contributed by atoms with Crippen LogP contribution in [0.2, 0.25) is 5.32 Å². The van der Waals surface area contributed by atoms with Gasteiger partial charge in [0, 0.05) is 0 Å². The standard InChI is InChI=1S/C16H18Se/c1-3-9-15(10-4-1)11-7-8-14-17-16-12-5-2-6-13-16/h1-6,9-10,12-13H,7-8,11,14H2. The van der Waals surface area contributed by atoms with Gasteiger partial charge in [-0.05, 0) is 0 Å². The van der Waals surface area contributed by atoms with E-state index in [2.05, 4.69) is 60.7 Å². The SMILES string of the molecule is c1ccc(CCCC[Se]c2ccccc2)cc1. The molecule has 88 valence electrons. The molecule has 0 N–H and O–H groups in total. The molecule has 0 spiro atoms. The van der Waals surface area contributed by atoms with Crippen molar-refractivity contribution in [1.29, 1.82) is 0 Å². The zero-order valence-electron chi connectivity index (χ0n) is 10.0. The third-order valence-corrected chi connectivity index (χ3v) is 5.02. The van der Waals surface area contributed by atoms with Gasteiger partial charge < -0.3 is 0 Å². The molecule has 0 bridgehead atoms. The van der Waals surface area contributed by atoms with Crippen LogP contribution in [0.1, 0.15) is 18.4 Å². The van der Waals surface area contributed by atoms with E-state index in [1.54, 1.807) is 0 Å². The summed E-state index contributed by atoms with van der Waals surface area (Å²) in [6.07, 6.45) is 3.90. The zero-order chi connectivity index (χ0) is 11.8. The number of rotatable bonds is 6. The number of unbranched alkanes of at least 4 members (excludes halogenated alkanes) is 1. The van der Waals surface area contributed by atoms with Gasteiger partial charge in [-0.15, -0.1) is 0 Å². The topological polar surface area (TPSA) is 0 Å². The molecule has 0 fully saturated rings. The summed E-state index contributed by atoms with van der Waals surface area (Å²) in [4.78, 5) is 0. The van der Waals surface area contributed by atoms with Crippen molar-refractivity contribution < 1.29 is 0 Å². The van der Waals surface area contributed by atoms with Crippen LogP contribution in [0.5, 0.6) is 0 Å². The minimum absolute atomic E-state index is 0.665. The molecule has 0 aliphatic rings. The van der Waals surface area contributed by atoms with Crippen molar-refractivity contribution in [2.45, 2.75) is 24.6 Å². The maximum absolute atomic E-state index is 2.25. The molecule has 0 aliphatic heterocycles. The molecule has 2 rings (SSSR count). The Bertz CT molecular complexity index is 367. The van der Waals surface area contributed by atoms with Gasteiger partial charge >= 0.3 is 110 Å². The van der Waals surface area contributed by atoms with Gasteiger partial charge in [-0.1, -0.05) is 0 Å². The fourth-order valence-corrected chi connectivity index (χ4v) is 3.74. The molecule has 0 saturated heterocycles. The molecule has 17 heavy (non-hydrogen) atoms. The zero-order valence-corrected chi connectivity index (χ0v) is 11.7. The fraction of sp³-hybridized carbons (Fsp3) is 0.250. The van der Waals surface area contributed by atoms with Crippen LogP contribution in [0.15, 0.2) is 60.7 Å². The maximum atomic E-state index is 2.25. The molecule has 0 nitrogen and oxygen atoms in total. The van der Waals surface area contributed by atoms with Crippen LogP contribution in [0, 0.1) is 0 Å². The van der Waals surface area contributed by atoms with Crippen molar-refractivity contribution in [3.05, 3.63) is 66.2 Å². The van der Waals surface area contributed by atoms with Crippen molar-refractivity contribution in [2.24, 2.45) is 0 Å². The third kappa shape index (κ3) is 4.77. The first kappa shape index (κ1) is 12.4. The second kappa shape index (κ2) is 7.32. The van der Waals surface area contributed by atoms with E-state index in [-0.39, 0.29) is 0 Å². The first-order valence-electron chi connectivity index (χ1n) is 6.17. The van der Waals surface area contributed by atoms with E-state index in [9.17, 15) is 0 Å². The van der Waals surface area contributed by atoms with Gasteiger partial charge in [0.15, 0.2) is 0 Å². The Hall–Kier alpha value is -1.04. The van der Waals surface area contributed by atoms with Gasteiger partial charge in [0.05, 0.1) is 0 Å². The van der Waals surface area contributed by atoms with Crippen LogP contribution < -0.4 is 4.46 Å². The van der Waals surface area contributed by atoms with Crippen LogP contribution in [-0.2, 0) is 6.42 Å². The van der Waals surface area contributed by atoms with E-state index in [0.717, 1.165) is 0 Å². The van der Waals surface area contributed by atoms with Gasteiger partial charge in [-0.2, -0.15) is 0 Å². The van der Waals surface area contributed by atoms with E-state index in [1.165, 1.54) is 34.6 Å². The number of hydrogen-bond donors (Lipinski definition) is 0. The number of hydrogen-bond acceptors (Lipinski definition) is 0. The summed E-state index contributed by atoms with van der Waals surface area (Å²) in [5.41, 5.74) is 1.47. The van der Waals surface area contributed by atoms with Crippen molar-refractivity contribution in [2.75, 3.05) is 0 Å². The van der Waals surface area contributed by atoms with E-state index in [4.69, 9.17) is 0 Å². The Morgan fingerprint density at radius 2 is 1.35 bits per heavy atom. The Balaban J connectivity index is 1.61. The summed E-state index contributed by atoms with van der Waals surface area (Å²) < 4.78 is 1.53. The predicted octanol–water partition coefficient (Wildman–Crippen LogP) is 3.46. The fourth-order valence-electron chi connectivity index (χ4n) is 1.78. The van der Waals surface area contributed by atoms with E-state index in [0.29, 0.717) is 15.0 Å². The van der Waals surface area contributed by atoms with Gasteiger partial charge in [0.1, 0.15) is 0 Å². The number of benzene rings is 2. The molecule has 0 aliphatic carbocycles. The normalized spacial score (nSPS) is 10.4. The van der Waals surface area contributed by atoms with E-state index >= 15 is 0 Å². The summed E-state index contributed by atoms with van der Waals surface area (Å²) in [5, 5.41) is 1.36. The van der Waals surface area contributed by atoms with Crippen molar-refractivity contribution in [3.63, 3.8) is 0 Å². The summed E-state index contributed by atoms with van der Waals surface area (Å²) in [5.74, 6) is 0. The minimum atomic E-state index is 0.665. The molecule has 0 amide bonds. The molecule has 0 unspecified atom stereocenters. The van der Waals surface area contributed by atoms with Crippen molar-refractivity contribution in [1.82, 2.24) is 0 Å². The Labute approximate surface area is 110 Å². The van der Waals surface area contributed by atoms with Crippen molar-refractivity contribution >= 4 is 19.4 Å². The van der Waals surface area contributed by atoms with E-state index < -0.39 is 0 Å².